The van der Waals surface area contributed by atoms with Gasteiger partial charge in [0, 0.05) is 24.9 Å². The summed E-state index contributed by atoms with van der Waals surface area (Å²) in [4.78, 5) is 16.2. The van der Waals surface area contributed by atoms with Crippen LogP contribution in [0.5, 0.6) is 0 Å². The third-order valence-corrected chi connectivity index (χ3v) is 3.39. The van der Waals surface area contributed by atoms with Crippen LogP contribution in [0.4, 0.5) is 5.95 Å². The molecule has 0 aliphatic carbocycles. The smallest absolute Gasteiger partial charge is 0.232 e. The highest BCUT2D eigenvalue weighted by Crippen LogP contribution is 2.34. The number of aromatic nitrogens is 5. The largest absolute Gasteiger partial charge is 0.373 e. The molecular formula is C12H16N6O2. The second kappa shape index (κ2) is 5.41. The highest BCUT2D eigenvalue weighted by molar-refractivity contribution is 5.91. The molecule has 20 heavy (non-hydrogen) atoms. The monoisotopic (exact) mass is 276 g/mol. The molecule has 2 N–H and O–H groups in total. The van der Waals surface area contributed by atoms with Crippen LogP contribution < -0.4 is 5.32 Å². The van der Waals surface area contributed by atoms with Gasteiger partial charge in [0.15, 0.2) is 0 Å². The molecule has 0 radical (unpaired) electrons. The van der Waals surface area contributed by atoms with E-state index in [1.54, 1.807) is 6.20 Å². The summed E-state index contributed by atoms with van der Waals surface area (Å²) < 4.78 is 7.51. The van der Waals surface area contributed by atoms with Crippen LogP contribution in [0.25, 0.3) is 0 Å². The van der Waals surface area contributed by atoms with Gasteiger partial charge in [-0.3, -0.25) is 14.8 Å². The number of hydrogen-bond acceptors (Lipinski definition) is 5. The van der Waals surface area contributed by atoms with E-state index in [1.807, 2.05) is 17.8 Å². The molecule has 1 aliphatic heterocycles. The summed E-state index contributed by atoms with van der Waals surface area (Å²) in [7, 11) is 0. The number of nitrogens with zero attached hydrogens (tertiary/aromatic N) is 4. The molecule has 2 aromatic rings. The lowest BCUT2D eigenvalue weighted by Gasteiger charge is -2.15. The average molecular weight is 276 g/mol. The van der Waals surface area contributed by atoms with Gasteiger partial charge in [0.25, 0.3) is 0 Å². The average Bonchev–Trinajstić information content (AvgIpc) is 3.19. The molecule has 1 aliphatic rings. The quantitative estimate of drug-likeness (QED) is 0.858. The van der Waals surface area contributed by atoms with Crippen molar-refractivity contribution in [1.29, 1.82) is 0 Å². The number of aromatic amines is 1. The zero-order chi connectivity index (χ0) is 13.9. The Morgan fingerprint density at radius 3 is 3.25 bits per heavy atom. The van der Waals surface area contributed by atoms with Crippen LogP contribution in [0.1, 0.15) is 25.0 Å². The first-order valence-electron chi connectivity index (χ1n) is 6.58. The molecule has 0 saturated carbocycles. The lowest BCUT2D eigenvalue weighted by molar-refractivity contribution is -0.121. The molecule has 3 heterocycles. The van der Waals surface area contributed by atoms with Crippen molar-refractivity contribution in [2.45, 2.75) is 26.0 Å². The van der Waals surface area contributed by atoms with Gasteiger partial charge in [-0.2, -0.15) is 15.2 Å². The van der Waals surface area contributed by atoms with Gasteiger partial charge in [0.2, 0.25) is 11.9 Å². The SMILES string of the molecule is CCn1cc([C@H]2OCC[C@@H]2C(=O)Nc2ncn[nH]2)cn1. The fourth-order valence-corrected chi connectivity index (χ4v) is 2.36. The van der Waals surface area contributed by atoms with E-state index < -0.39 is 0 Å². The molecule has 3 rings (SSSR count). The van der Waals surface area contributed by atoms with Gasteiger partial charge in [-0.25, -0.2) is 5.10 Å². The van der Waals surface area contributed by atoms with Crippen LogP contribution in [0.3, 0.4) is 0 Å². The fourth-order valence-electron chi connectivity index (χ4n) is 2.36. The zero-order valence-corrected chi connectivity index (χ0v) is 11.1. The molecular weight excluding hydrogens is 260 g/mol. The summed E-state index contributed by atoms with van der Waals surface area (Å²) >= 11 is 0. The molecule has 1 fully saturated rings. The second-order valence-electron chi connectivity index (χ2n) is 4.64. The lowest BCUT2D eigenvalue weighted by Crippen LogP contribution is -2.25. The first-order chi connectivity index (χ1) is 9.78. The van der Waals surface area contributed by atoms with Crippen molar-refractivity contribution in [3.8, 4) is 0 Å². The molecule has 0 unspecified atom stereocenters. The first-order valence-corrected chi connectivity index (χ1v) is 6.58. The molecule has 0 spiro atoms. The van der Waals surface area contributed by atoms with Gasteiger partial charge in [-0.1, -0.05) is 0 Å². The minimum absolute atomic E-state index is 0.117. The van der Waals surface area contributed by atoms with Crippen LogP contribution in [-0.4, -0.2) is 37.5 Å². The van der Waals surface area contributed by atoms with Gasteiger partial charge < -0.3 is 4.74 Å². The molecule has 1 amide bonds. The molecule has 8 nitrogen and oxygen atoms in total. The number of rotatable bonds is 4. The van der Waals surface area contributed by atoms with Crippen molar-refractivity contribution >= 4 is 11.9 Å². The van der Waals surface area contributed by atoms with Crippen molar-refractivity contribution in [1.82, 2.24) is 25.0 Å². The molecule has 2 aromatic heterocycles. The van der Waals surface area contributed by atoms with Crippen molar-refractivity contribution < 1.29 is 9.53 Å². The fraction of sp³-hybridized carbons (Fsp3) is 0.500. The normalized spacial score (nSPS) is 22.1. The Labute approximate surface area is 115 Å². The minimum atomic E-state index is -0.252. The van der Waals surface area contributed by atoms with Gasteiger partial charge in [-0.15, -0.1) is 0 Å². The van der Waals surface area contributed by atoms with E-state index >= 15 is 0 Å². The molecule has 1 saturated heterocycles. The predicted octanol–water partition coefficient (Wildman–Crippen LogP) is 0.737. The molecule has 2 atom stereocenters. The van der Waals surface area contributed by atoms with E-state index in [1.165, 1.54) is 6.33 Å². The maximum absolute atomic E-state index is 12.3. The van der Waals surface area contributed by atoms with Crippen LogP contribution in [0.15, 0.2) is 18.7 Å². The Bertz CT molecular complexity index is 579. The van der Waals surface area contributed by atoms with E-state index in [0.717, 1.165) is 12.1 Å². The highest BCUT2D eigenvalue weighted by atomic mass is 16.5. The number of anilines is 1. The zero-order valence-electron chi connectivity index (χ0n) is 11.1. The Morgan fingerprint density at radius 1 is 1.65 bits per heavy atom. The summed E-state index contributed by atoms with van der Waals surface area (Å²) in [6, 6.07) is 0. The number of amides is 1. The minimum Gasteiger partial charge on any atom is -0.373 e. The summed E-state index contributed by atoms with van der Waals surface area (Å²) in [6.07, 6.45) is 5.46. The lowest BCUT2D eigenvalue weighted by atomic mass is 9.96. The highest BCUT2D eigenvalue weighted by Gasteiger charge is 2.36. The second-order valence-corrected chi connectivity index (χ2v) is 4.64. The number of aryl methyl sites for hydroxylation is 1. The molecule has 0 bridgehead atoms. The van der Waals surface area contributed by atoms with Crippen LogP contribution >= 0.6 is 0 Å². The number of H-pyrrole nitrogens is 1. The number of nitrogens with one attached hydrogen (secondary N) is 2. The van der Waals surface area contributed by atoms with E-state index in [-0.39, 0.29) is 17.9 Å². The number of carbonyl (C=O) groups is 1. The van der Waals surface area contributed by atoms with Crippen molar-refractivity contribution in [2.75, 3.05) is 11.9 Å². The predicted molar refractivity (Wildman–Crippen MR) is 69.7 cm³/mol. The van der Waals surface area contributed by atoms with E-state index in [4.69, 9.17) is 4.74 Å². The van der Waals surface area contributed by atoms with Gasteiger partial charge in [0.1, 0.15) is 6.33 Å². The Balaban J connectivity index is 1.73. The van der Waals surface area contributed by atoms with Crippen molar-refractivity contribution in [3.63, 3.8) is 0 Å². The standard InChI is InChI=1S/C12H16N6O2/c1-2-18-6-8(5-15-18)10-9(3-4-20-10)11(19)16-12-13-7-14-17-12/h5-7,9-10H,2-4H2,1H3,(H2,13,14,16,17,19)/t9-,10+/m0/s1. The van der Waals surface area contributed by atoms with Crippen molar-refractivity contribution in [3.05, 3.63) is 24.3 Å². The van der Waals surface area contributed by atoms with E-state index in [2.05, 4.69) is 25.6 Å². The maximum Gasteiger partial charge on any atom is 0.232 e. The Morgan fingerprint density at radius 2 is 2.55 bits per heavy atom. The molecule has 8 heteroatoms. The van der Waals surface area contributed by atoms with Crippen LogP contribution in [0.2, 0.25) is 0 Å². The van der Waals surface area contributed by atoms with Crippen molar-refractivity contribution in [2.24, 2.45) is 5.92 Å². The summed E-state index contributed by atoms with van der Waals surface area (Å²) in [6.45, 7) is 3.37. The summed E-state index contributed by atoms with van der Waals surface area (Å²) in [5.41, 5.74) is 0.932. The Kier molecular flexibility index (Phi) is 3.46. The number of hydrogen-bond donors (Lipinski definition) is 2. The van der Waals surface area contributed by atoms with Crippen LogP contribution in [-0.2, 0) is 16.1 Å². The first kappa shape index (κ1) is 12.8. The Hall–Kier alpha value is -2.22. The third kappa shape index (κ3) is 2.42. The van der Waals surface area contributed by atoms with E-state index in [0.29, 0.717) is 19.0 Å². The number of ether oxygens (including phenoxy) is 1. The summed E-state index contributed by atoms with van der Waals surface area (Å²) in [5.74, 6) is -0.00647. The van der Waals surface area contributed by atoms with Gasteiger partial charge in [0.05, 0.1) is 18.2 Å². The molecule has 106 valence electrons. The topological polar surface area (TPSA) is 97.7 Å². The van der Waals surface area contributed by atoms with Gasteiger partial charge in [-0.05, 0) is 13.3 Å². The number of carbonyl (C=O) groups excluding carboxylic acids is 1. The molecule has 0 aromatic carbocycles. The third-order valence-electron chi connectivity index (χ3n) is 3.39. The van der Waals surface area contributed by atoms with Gasteiger partial charge >= 0.3 is 0 Å². The van der Waals surface area contributed by atoms with E-state index in [9.17, 15) is 4.79 Å². The maximum atomic E-state index is 12.3. The van der Waals surface area contributed by atoms with Crippen LogP contribution in [0, 0.1) is 5.92 Å². The summed E-state index contributed by atoms with van der Waals surface area (Å²) in [5, 5.41) is 13.2.